The van der Waals surface area contributed by atoms with Gasteiger partial charge >= 0.3 is 6.09 Å². The summed E-state index contributed by atoms with van der Waals surface area (Å²) in [6, 6.07) is 0. The summed E-state index contributed by atoms with van der Waals surface area (Å²) in [4.78, 5) is 22.2. The highest BCUT2D eigenvalue weighted by atomic mass is 32.2. The van der Waals surface area contributed by atoms with Crippen LogP contribution in [0, 0.1) is 0 Å². The molecule has 0 aromatic rings. The minimum Gasteiger partial charge on any atom is -0.755 e. The van der Waals surface area contributed by atoms with Crippen LogP contribution >= 0.6 is 0 Å². The molecule has 0 aromatic carbocycles. The summed E-state index contributed by atoms with van der Waals surface area (Å²) in [6.07, 6.45) is 0.433. The van der Waals surface area contributed by atoms with Gasteiger partial charge in [0.05, 0.1) is 16.8 Å². The SMILES string of the molecule is CC(C)(C)N(C(=O)OC1(C=O)CC1)S(=O)[O-]. The van der Waals surface area contributed by atoms with E-state index in [0.29, 0.717) is 23.4 Å². The highest BCUT2D eigenvalue weighted by molar-refractivity contribution is 7.77. The van der Waals surface area contributed by atoms with Crippen LogP contribution in [0.25, 0.3) is 0 Å². The Morgan fingerprint density at radius 2 is 2.00 bits per heavy atom. The van der Waals surface area contributed by atoms with Gasteiger partial charge < -0.3 is 9.29 Å². The summed E-state index contributed by atoms with van der Waals surface area (Å²) >= 11 is -2.72. The van der Waals surface area contributed by atoms with Crippen LogP contribution in [0.2, 0.25) is 0 Å². The molecule has 0 heterocycles. The van der Waals surface area contributed by atoms with Crippen LogP contribution in [0.5, 0.6) is 0 Å². The van der Waals surface area contributed by atoms with E-state index in [-0.39, 0.29) is 0 Å². The highest BCUT2D eigenvalue weighted by Crippen LogP contribution is 2.38. The van der Waals surface area contributed by atoms with Crippen molar-refractivity contribution in [3.05, 3.63) is 0 Å². The number of aldehydes is 1. The Morgan fingerprint density at radius 1 is 1.50 bits per heavy atom. The lowest BCUT2D eigenvalue weighted by atomic mass is 10.1. The summed E-state index contributed by atoms with van der Waals surface area (Å²) in [5, 5.41) is 0. The molecule has 1 amide bonds. The molecule has 1 aliphatic rings. The Bertz CT molecular complexity index is 331. The van der Waals surface area contributed by atoms with E-state index in [0.717, 1.165) is 0 Å². The average molecular weight is 248 g/mol. The Hall–Kier alpha value is -0.950. The second kappa shape index (κ2) is 4.14. The summed E-state index contributed by atoms with van der Waals surface area (Å²) in [7, 11) is 0. The zero-order valence-corrected chi connectivity index (χ0v) is 10.2. The van der Waals surface area contributed by atoms with Crippen molar-refractivity contribution in [2.45, 2.75) is 44.8 Å². The second-order valence-corrected chi connectivity index (χ2v) is 5.53. The van der Waals surface area contributed by atoms with E-state index < -0.39 is 28.5 Å². The van der Waals surface area contributed by atoms with Crippen molar-refractivity contribution in [3.8, 4) is 0 Å². The molecule has 16 heavy (non-hydrogen) atoms. The van der Waals surface area contributed by atoms with Crippen LogP contribution in [-0.2, 0) is 20.8 Å². The number of ether oxygens (including phenoxy) is 1. The van der Waals surface area contributed by atoms with Crippen molar-refractivity contribution in [1.29, 1.82) is 0 Å². The van der Waals surface area contributed by atoms with Crippen molar-refractivity contribution in [2.75, 3.05) is 0 Å². The minimum atomic E-state index is -2.72. The van der Waals surface area contributed by atoms with Gasteiger partial charge in [0.2, 0.25) is 0 Å². The van der Waals surface area contributed by atoms with Gasteiger partial charge in [-0.15, -0.1) is 0 Å². The van der Waals surface area contributed by atoms with Crippen LogP contribution in [0.1, 0.15) is 33.6 Å². The van der Waals surface area contributed by atoms with Gasteiger partial charge in [-0.3, -0.25) is 9.00 Å². The first-order chi connectivity index (χ1) is 7.22. The first kappa shape index (κ1) is 13.1. The normalized spacial score (nSPS) is 19.8. The van der Waals surface area contributed by atoms with E-state index >= 15 is 0 Å². The molecule has 7 heteroatoms. The molecule has 1 unspecified atom stereocenters. The van der Waals surface area contributed by atoms with Crippen molar-refractivity contribution < 1.29 is 23.1 Å². The number of hydrogen-bond acceptors (Lipinski definition) is 5. The molecule has 0 aliphatic heterocycles. The van der Waals surface area contributed by atoms with E-state index in [1.54, 1.807) is 20.8 Å². The maximum absolute atomic E-state index is 11.6. The molecule has 0 radical (unpaired) electrons. The molecular formula is C9H14NO5S-. The van der Waals surface area contributed by atoms with Gasteiger partial charge in [0.1, 0.15) is 0 Å². The van der Waals surface area contributed by atoms with E-state index in [4.69, 9.17) is 4.74 Å². The third-order valence-electron chi connectivity index (χ3n) is 2.17. The lowest BCUT2D eigenvalue weighted by Crippen LogP contribution is -2.48. The number of amides is 1. The molecule has 0 spiro atoms. The third kappa shape index (κ3) is 2.79. The Kier molecular flexibility index (Phi) is 3.39. The Morgan fingerprint density at radius 3 is 2.25 bits per heavy atom. The largest absolute Gasteiger partial charge is 0.755 e. The number of nitrogens with zero attached hydrogens (tertiary/aromatic N) is 1. The van der Waals surface area contributed by atoms with Gasteiger partial charge in [-0.05, 0) is 33.6 Å². The van der Waals surface area contributed by atoms with Crippen molar-refractivity contribution in [3.63, 3.8) is 0 Å². The highest BCUT2D eigenvalue weighted by Gasteiger charge is 2.48. The van der Waals surface area contributed by atoms with Gasteiger partial charge in [0, 0.05) is 0 Å². The molecule has 0 aromatic heterocycles. The molecular weight excluding hydrogens is 234 g/mol. The summed E-state index contributed by atoms with van der Waals surface area (Å²) < 4.78 is 27.3. The van der Waals surface area contributed by atoms with Gasteiger partial charge in [-0.2, -0.15) is 0 Å². The molecule has 1 saturated carbocycles. The van der Waals surface area contributed by atoms with E-state index in [9.17, 15) is 18.4 Å². The van der Waals surface area contributed by atoms with Crippen molar-refractivity contribution >= 4 is 23.6 Å². The fraction of sp³-hybridized carbons (Fsp3) is 0.778. The molecule has 0 bridgehead atoms. The third-order valence-corrected chi connectivity index (χ3v) is 3.17. The van der Waals surface area contributed by atoms with Crippen molar-refractivity contribution in [1.82, 2.24) is 4.31 Å². The fourth-order valence-electron chi connectivity index (χ4n) is 1.14. The van der Waals surface area contributed by atoms with Crippen LogP contribution < -0.4 is 0 Å². The molecule has 1 atom stereocenters. The standard InChI is InChI=1S/C9H15NO5S/c1-8(2,3)10(16(13)14)7(12)15-9(6-11)4-5-9/h6H,4-5H2,1-3H3,(H,13,14)/p-1. The van der Waals surface area contributed by atoms with E-state index in [2.05, 4.69) is 0 Å². The number of carbonyl (C=O) groups is 2. The first-order valence-electron chi connectivity index (χ1n) is 4.81. The lowest BCUT2D eigenvalue weighted by Gasteiger charge is -2.35. The van der Waals surface area contributed by atoms with Gasteiger partial charge in [-0.25, -0.2) is 9.10 Å². The fourth-order valence-corrected chi connectivity index (χ4v) is 1.75. The summed E-state index contributed by atoms with van der Waals surface area (Å²) in [5.74, 6) is 0. The molecule has 1 fully saturated rings. The average Bonchev–Trinajstić information content (AvgIpc) is 2.81. The molecule has 1 rings (SSSR count). The summed E-state index contributed by atoms with van der Waals surface area (Å²) in [5.41, 5.74) is -2.01. The van der Waals surface area contributed by atoms with Crippen LogP contribution in [0.15, 0.2) is 0 Å². The summed E-state index contributed by atoms with van der Waals surface area (Å²) in [6.45, 7) is 4.68. The van der Waals surface area contributed by atoms with Crippen LogP contribution in [0.3, 0.4) is 0 Å². The molecule has 6 nitrogen and oxygen atoms in total. The maximum atomic E-state index is 11.6. The predicted molar refractivity (Wildman–Crippen MR) is 55.0 cm³/mol. The van der Waals surface area contributed by atoms with Gasteiger partial charge in [0.25, 0.3) is 0 Å². The Balaban J connectivity index is 2.77. The number of carbonyl (C=O) groups excluding carboxylic acids is 2. The molecule has 1 aliphatic carbocycles. The molecule has 92 valence electrons. The van der Waals surface area contributed by atoms with Crippen molar-refractivity contribution in [2.24, 2.45) is 0 Å². The lowest BCUT2D eigenvalue weighted by molar-refractivity contribution is -0.117. The Labute approximate surface area is 96.4 Å². The topological polar surface area (TPSA) is 86.7 Å². The smallest absolute Gasteiger partial charge is 0.422 e. The quantitative estimate of drug-likeness (QED) is 0.543. The van der Waals surface area contributed by atoms with Gasteiger partial charge in [-0.1, -0.05) is 0 Å². The second-order valence-electron chi connectivity index (χ2n) is 4.73. The van der Waals surface area contributed by atoms with Crippen LogP contribution in [-0.4, -0.2) is 36.6 Å². The zero-order chi connectivity index (χ0) is 12.6. The first-order valence-corrected chi connectivity index (χ1v) is 5.84. The predicted octanol–water partition coefficient (Wildman–Crippen LogP) is 0.749. The molecule has 0 N–H and O–H groups in total. The number of rotatable bonds is 3. The monoisotopic (exact) mass is 248 g/mol. The minimum absolute atomic E-state index is 0.450. The van der Waals surface area contributed by atoms with E-state index in [1.165, 1.54) is 0 Å². The number of hydrogen-bond donors (Lipinski definition) is 0. The van der Waals surface area contributed by atoms with Gasteiger partial charge in [0.15, 0.2) is 11.9 Å². The van der Waals surface area contributed by atoms with Crippen LogP contribution in [0.4, 0.5) is 4.79 Å². The zero-order valence-electron chi connectivity index (χ0n) is 9.39. The molecule has 0 saturated heterocycles. The maximum Gasteiger partial charge on any atom is 0.422 e. The van der Waals surface area contributed by atoms with E-state index in [1.807, 2.05) is 0 Å².